The number of nitrogens with zero attached hydrogens (tertiary/aromatic N) is 3. The number of hydrogen-bond donors (Lipinski definition) is 2. The monoisotopic (exact) mass is 247 g/mol. The lowest BCUT2D eigenvalue weighted by molar-refractivity contribution is -0.116. The van der Waals surface area contributed by atoms with E-state index in [4.69, 9.17) is 10.5 Å². The first-order chi connectivity index (χ1) is 8.69. The second kappa shape index (κ2) is 5.17. The standard InChI is InChI=1S/C11H13N5O2/c1-18-8-2-3-10(9(12)4-8)15-11(17)5-16-7-13-6-14-16/h2-4,6-7H,5,12H2,1H3,(H,15,17). The number of aromatic nitrogens is 3. The second-order valence-electron chi connectivity index (χ2n) is 3.59. The van der Waals surface area contributed by atoms with Gasteiger partial charge in [0.2, 0.25) is 5.91 Å². The largest absolute Gasteiger partial charge is 0.497 e. The van der Waals surface area contributed by atoms with Crippen molar-refractivity contribution in [1.29, 1.82) is 0 Å². The lowest BCUT2D eigenvalue weighted by Gasteiger charge is -2.09. The minimum absolute atomic E-state index is 0.0888. The molecule has 0 atom stereocenters. The van der Waals surface area contributed by atoms with Gasteiger partial charge >= 0.3 is 0 Å². The normalized spacial score (nSPS) is 10.1. The summed E-state index contributed by atoms with van der Waals surface area (Å²) in [4.78, 5) is 15.5. The number of amides is 1. The van der Waals surface area contributed by atoms with Gasteiger partial charge in [-0.2, -0.15) is 5.10 Å². The Bertz CT molecular complexity index is 538. The van der Waals surface area contributed by atoms with Gasteiger partial charge in [-0.25, -0.2) is 9.67 Å². The van der Waals surface area contributed by atoms with Crippen molar-refractivity contribution in [2.45, 2.75) is 6.54 Å². The van der Waals surface area contributed by atoms with Crippen LogP contribution in [-0.4, -0.2) is 27.8 Å². The minimum atomic E-state index is -0.225. The van der Waals surface area contributed by atoms with E-state index >= 15 is 0 Å². The molecule has 0 saturated heterocycles. The van der Waals surface area contributed by atoms with E-state index in [1.807, 2.05) is 0 Å². The highest BCUT2D eigenvalue weighted by Gasteiger charge is 2.07. The molecular formula is C11H13N5O2. The van der Waals surface area contributed by atoms with E-state index in [1.165, 1.54) is 17.3 Å². The molecule has 0 bridgehead atoms. The van der Waals surface area contributed by atoms with Crippen LogP contribution in [0.3, 0.4) is 0 Å². The molecule has 0 fully saturated rings. The maximum atomic E-state index is 11.7. The van der Waals surface area contributed by atoms with Gasteiger partial charge in [0.05, 0.1) is 18.5 Å². The van der Waals surface area contributed by atoms with E-state index in [9.17, 15) is 4.79 Å². The third kappa shape index (κ3) is 2.76. The first-order valence-corrected chi connectivity index (χ1v) is 5.25. The van der Waals surface area contributed by atoms with E-state index in [2.05, 4.69) is 15.4 Å². The zero-order valence-electron chi connectivity index (χ0n) is 9.83. The van der Waals surface area contributed by atoms with Gasteiger partial charge in [0.25, 0.3) is 0 Å². The highest BCUT2D eigenvalue weighted by atomic mass is 16.5. The lowest BCUT2D eigenvalue weighted by Crippen LogP contribution is -2.19. The predicted molar refractivity (Wildman–Crippen MR) is 66.1 cm³/mol. The lowest BCUT2D eigenvalue weighted by atomic mass is 10.2. The summed E-state index contributed by atoms with van der Waals surface area (Å²) < 4.78 is 6.45. The summed E-state index contributed by atoms with van der Waals surface area (Å²) in [6.45, 7) is 0.0888. The van der Waals surface area contributed by atoms with Crippen molar-refractivity contribution in [2.75, 3.05) is 18.2 Å². The Labute approximate surface area is 104 Å². The average molecular weight is 247 g/mol. The van der Waals surface area contributed by atoms with E-state index in [1.54, 1.807) is 25.3 Å². The topological polar surface area (TPSA) is 95.1 Å². The number of anilines is 2. The van der Waals surface area contributed by atoms with Crippen molar-refractivity contribution in [3.8, 4) is 5.75 Å². The van der Waals surface area contributed by atoms with Gasteiger partial charge in [0, 0.05) is 6.07 Å². The zero-order valence-corrected chi connectivity index (χ0v) is 9.83. The summed E-state index contributed by atoms with van der Waals surface area (Å²) in [5, 5.41) is 6.53. The van der Waals surface area contributed by atoms with Crippen molar-refractivity contribution in [1.82, 2.24) is 14.8 Å². The zero-order chi connectivity index (χ0) is 13.0. The average Bonchev–Trinajstić information content (AvgIpc) is 2.84. The summed E-state index contributed by atoms with van der Waals surface area (Å²) in [5.74, 6) is 0.416. The summed E-state index contributed by atoms with van der Waals surface area (Å²) in [7, 11) is 1.55. The summed E-state index contributed by atoms with van der Waals surface area (Å²) >= 11 is 0. The first kappa shape index (κ1) is 11.9. The molecule has 1 amide bonds. The first-order valence-electron chi connectivity index (χ1n) is 5.25. The quantitative estimate of drug-likeness (QED) is 0.767. The number of ether oxygens (including phenoxy) is 1. The number of carbonyl (C=O) groups excluding carboxylic acids is 1. The van der Waals surface area contributed by atoms with Crippen molar-refractivity contribution in [3.05, 3.63) is 30.9 Å². The van der Waals surface area contributed by atoms with Crippen LogP contribution >= 0.6 is 0 Å². The fraction of sp³-hybridized carbons (Fsp3) is 0.182. The van der Waals surface area contributed by atoms with Crippen molar-refractivity contribution >= 4 is 17.3 Å². The number of nitrogens with two attached hydrogens (primary N) is 1. The van der Waals surface area contributed by atoms with Crippen LogP contribution in [0.25, 0.3) is 0 Å². The number of nitrogen functional groups attached to an aromatic ring is 1. The van der Waals surface area contributed by atoms with Crippen molar-refractivity contribution in [3.63, 3.8) is 0 Å². The van der Waals surface area contributed by atoms with Crippen LogP contribution in [0.4, 0.5) is 11.4 Å². The molecule has 2 rings (SSSR count). The van der Waals surface area contributed by atoms with Gasteiger partial charge in [-0.3, -0.25) is 4.79 Å². The maximum Gasteiger partial charge on any atom is 0.246 e. The molecule has 18 heavy (non-hydrogen) atoms. The molecule has 7 heteroatoms. The van der Waals surface area contributed by atoms with Crippen LogP contribution in [-0.2, 0) is 11.3 Å². The molecule has 94 valence electrons. The Morgan fingerprint density at radius 1 is 1.56 bits per heavy atom. The molecule has 3 N–H and O–H groups in total. The smallest absolute Gasteiger partial charge is 0.246 e. The van der Waals surface area contributed by atoms with E-state index < -0.39 is 0 Å². The van der Waals surface area contributed by atoms with Crippen LogP contribution in [0.2, 0.25) is 0 Å². The Balaban J connectivity index is 2.03. The number of carbonyl (C=O) groups is 1. The van der Waals surface area contributed by atoms with Crippen LogP contribution in [0.5, 0.6) is 5.75 Å². The molecule has 0 spiro atoms. The predicted octanol–water partition coefficient (Wildman–Crippen LogP) is 0.508. The molecule has 1 aromatic carbocycles. The van der Waals surface area contributed by atoms with Crippen LogP contribution in [0, 0.1) is 0 Å². The molecule has 1 aromatic heterocycles. The molecule has 0 aliphatic heterocycles. The van der Waals surface area contributed by atoms with Crippen LogP contribution in [0.15, 0.2) is 30.9 Å². The molecule has 0 aliphatic rings. The molecule has 2 aromatic rings. The highest BCUT2D eigenvalue weighted by molar-refractivity contribution is 5.93. The number of hydrogen-bond acceptors (Lipinski definition) is 5. The summed E-state index contributed by atoms with van der Waals surface area (Å²) in [6, 6.07) is 5.06. The summed E-state index contributed by atoms with van der Waals surface area (Å²) in [5.41, 5.74) is 6.78. The van der Waals surface area contributed by atoms with Gasteiger partial charge in [0.1, 0.15) is 24.9 Å². The van der Waals surface area contributed by atoms with Crippen LogP contribution in [0.1, 0.15) is 0 Å². The molecule has 7 nitrogen and oxygen atoms in total. The Morgan fingerprint density at radius 2 is 2.39 bits per heavy atom. The minimum Gasteiger partial charge on any atom is -0.497 e. The Kier molecular flexibility index (Phi) is 3.42. The van der Waals surface area contributed by atoms with Gasteiger partial charge < -0.3 is 15.8 Å². The number of nitrogens with one attached hydrogen (secondary N) is 1. The number of methoxy groups -OCH3 is 1. The van der Waals surface area contributed by atoms with E-state index in [0.717, 1.165) is 0 Å². The molecule has 0 saturated carbocycles. The number of benzene rings is 1. The molecule has 0 radical (unpaired) electrons. The fourth-order valence-corrected chi connectivity index (χ4v) is 1.43. The SMILES string of the molecule is COc1ccc(NC(=O)Cn2cncn2)c(N)c1. The second-order valence-corrected chi connectivity index (χ2v) is 3.59. The molecule has 1 heterocycles. The van der Waals surface area contributed by atoms with Gasteiger partial charge in [0.15, 0.2) is 0 Å². The van der Waals surface area contributed by atoms with Gasteiger partial charge in [-0.1, -0.05) is 0 Å². The van der Waals surface area contributed by atoms with Gasteiger partial charge in [-0.05, 0) is 12.1 Å². The van der Waals surface area contributed by atoms with E-state index in [0.29, 0.717) is 17.1 Å². The third-order valence-electron chi connectivity index (χ3n) is 2.31. The molecular weight excluding hydrogens is 234 g/mol. The molecule has 0 aliphatic carbocycles. The van der Waals surface area contributed by atoms with Crippen LogP contribution < -0.4 is 15.8 Å². The van der Waals surface area contributed by atoms with Crippen molar-refractivity contribution < 1.29 is 9.53 Å². The Morgan fingerprint density at radius 3 is 3.00 bits per heavy atom. The van der Waals surface area contributed by atoms with Gasteiger partial charge in [-0.15, -0.1) is 0 Å². The third-order valence-corrected chi connectivity index (χ3v) is 2.31. The maximum absolute atomic E-state index is 11.7. The number of rotatable bonds is 4. The summed E-state index contributed by atoms with van der Waals surface area (Å²) in [6.07, 6.45) is 2.84. The highest BCUT2D eigenvalue weighted by Crippen LogP contribution is 2.23. The molecule has 0 unspecified atom stereocenters. The van der Waals surface area contributed by atoms with Crippen molar-refractivity contribution in [2.24, 2.45) is 0 Å². The Hall–Kier alpha value is -2.57. The van der Waals surface area contributed by atoms with E-state index in [-0.39, 0.29) is 12.5 Å². The fourth-order valence-electron chi connectivity index (χ4n) is 1.43.